The third kappa shape index (κ3) is 4.56. The lowest BCUT2D eigenvalue weighted by molar-refractivity contribution is 0.328. The largest absolute Gasteiger partial charge is 0.492 e. The molecule has 0 amide bonds. The molecule has 0 saturated heterocycles. The van der Waals surface area contributed by atoms with Gasteiger partial charge in [-0.2, -0.15) is 0 Å². The lowest BCUT2D eigenvalue weighted by Crippen LogP contribution is -2.35. The second kappa shape index (κ2) is 7.76. The van der Waals surface area contributed by atoms with Crippen molar-refractivity contribution in [2.45, 2.75) is 32.2 Å². The van der Waals surface area contributed by atoms with Crippen molar-refractivity contribution in [2.24, 2.45) is 5.73 Å². The first-order valence-corrected chi connectivity index (χ1v) is 9.34. The molecule has 1 aromatic carbocycles. The fraction of sp³-hybridized carbons (Fsp3) is 0.500. The van der Waals surface area contributed by atoms with E-state index < -0.39 is 10.0 Å². The van der Waals surface area contributed by atoms with Crippen LogP contribution in [0, 0.1) is 0 Å². The molecule has 0 saturated carbocycles. The zero-order valence-electron chi connectivity index (χ0n) is 12.9. The van der Waals surface area contributed by atoms with E-state index in [4.69, 9.17) is 10.5 Å². The molecular weight excluding hydrogens is 300 g/mol. The van der Waals surface area contributed by atoms with Crippen LogP contribution in [0.25, 0.3) is 5.57 Å². The zero-order chi connectivity index (χ0) is 16.0. The molecule has 6 heteroatoms. The van der Waals surface area contributed by atoms with E-state index in [0.717, 1.165) is 29.7 Å². The molecule has 1 unspecified atom stereocenters. The summed E-state index contributed by atoms with van der Waals surface area (Å²) in [5.74, 6) is 0.943. The highest BCUT2D eigenvalue weighted by Crippen LogP contribution is 2.30. The predicted octanol–water partition coefficient (Wildman–Crippen LogP) is 1.90. The van der Waals surface area contributed by atoms with Gasteiger partial charge in [0.15, 0.2) is 0 Å². The molecule has 0 heterocycles. The Balaban J connectivity index is 2.07. The quantitative estimate of drug-likeness (QED) is 0.765. The normalized spacial score (nSPS) is 18.3. The minimum atomic E-state index is -3.21. The molecule has 1 aliphatic carbocycles. The van der Waals surface area contributed by atoms with Gasteiger partial charge in [0.05, 0.1) is 5.75 Å². The molecule has 1 aliphatic rings. The van der Waals surface area contributed by atoms with Crippen LogP contribution in [0.1, 0.15) is 31.7 Å². The number of rotatable bonds is 8. The van der Waals surface area contributed by atoms with Gasteiger partial charge in [0.25, 0.3) is 0 Å². The minimum Gasteiger partial charge on any atom is -0.492 e. The number of nitrogens with one attached hydrogen (secondary N) is 1. The van der Waals surface area contributed by atoms with Crippen LogP contribution < -0.4 is 15.2 Å². The Morgan fingerprint density at radius 1 is 1.32 bits per heavy atom. The maximum absolute atomic E-state index is 12.0. The van der Waals surface area contributed by atoms with Crippen molar-refractivity contribution in [2.75, 3.05) is 18.9 Å². The number of ether oxygens (including phenoxy) is 1. The third-order valence-corrected chi connectivity index (χ3v) is 5.15. The second-order valence-corrected chi connectivity index (χ2v) is 7.26. The van der Waals surface area contributed by atoms with Gasteiger partial charge in [-0.25, -0.2) is 13.1 Å². The van der Waals surface area contributed by atoms with Crippen LogP contribution in [-0.2, 0) is 10.0 Å². The molecule has 0 radical (unpaired) electrons. The Kier molecular flexibility index (Phi) is 5.99. The number of sulfonamides is 1. The van der Waals surface area contributed by atoms with Crippen LogP contribution in [0.3, 0.4) is 0 Å². The average Bonchev–Trinajstić information content (AvgIpc) is 2.93. The van der Waals surface area contributed by atoms with Crippen molar-refractivity contribution < 1.29 is 13.2 Å². The van der Waals surface area contributed by atoms with Crippen molar-refractivity contribution in [3.05, 3.63) is 35.9 Å². The van der Waals surface area contributed by atoms with Crippen molar-refractivity contribution in [3.8, 4) is 5.75 Å². The molecule has 1 aromatic rings. The molecule has 1 atom stereocenters. The lowest BCUT2D eigenvalue weighted by atomic mass is 10.0. The summed E-state index contributed by atoms with van der Waals surface area (Å²) in [6.45, 7) is 2.83. The Bertz CT molecular complexity index is 609. The fourth-order valence-corrected chi connectivity index (χ4v) is 3.94. The summed E-state index contributed by atoms with van der Waals surface area (Å²) in [7, 11) is -3.21. The first-order valence-electron chi connectivity index (χ1n) is 7.69. The van der Waals surface area contributed by atoms with E-state index in [0.29, 0.717) is 19.6 Å². The number of hydrogen-bond acceptors (Lipinski definition) is 4. The monoisotopic (exact) mass is 324 g/mol. The van der Waals surface area contributed by atoms with E-state index in [2.05, 4.69) is 10.8 Å². The molecule has 0 aliphatic heterocycles. The molecule has 5 nitrogen and oxygen atoms in total. The highest BCUT2D eigenvalue weighted by molar-refractivity contribution is 7.89. The summed E-state index contributed by atoms with van der Waals surface area (Å²) >= 11 is 0. The van der Waals surface area contributed by atoms with Gasteiger partial charge in [-0.05, 0) is 42.5 Å². The summed E-state index contributed by atoms with van der Waals surface area (Å²) in [6, 6.07) is 7.57. The first kappa shape index (κ1) is 17.0. The molecule has 3 N–H and O–H groups in total. The standard InChI is InChI=1S/C16H24N2O3S/c1-2-12-22(19,20)18-16-5-3-4-15(16)13-6-8-14(9-7-13)21-11-10-17/h4,6-9,16,18H,2-3,5,10-12,17H2,1H3. The maximum atomic E-state index is 12.0. The Morgan fingerprint density at radius 3 is 2.68 bits per heavy atom. The summed E-state index contributed by atoms with van der Waals surface area (Å²) in [4.78, 5) is 0. The zero-order valence-corrected chi connectivity index (χ0v) is 13.7. The molecule has 0 fully saturated rings. The predicted molar refractivity (Wildman–Crippen MR) is 89.2 cm³/mol. The van der Waals surface area contributed by atoms with Gasteiger partial charge in [-0.1, -0.05) is 25.1 Å². The van der Waals surface area contributed by atoms with Crippen molar-refractivity contribution in [1.82, 2.24) is 4.72 Å². The molecule has 22 heavy (non-hydrogen) atoms. The van der Waals surface area contributed by atoms with Gasteiger partial charge in [0.1, 0.15) is 12.4 Å². The molecule has 0 spiro atoms. The highest BCUT2D eigenvalue weighted by Gasteiger charge is 2.24. The van der Waals surface area contributed by atoms with Gasteiger partial charge < -0.3 is 10.5 Å². The Morgan fingerprint density at radius 2 is 2.05 bits per heavy atom. The van der Waals surface area contributed by atoms with E-state index in [-0.39, 0.29) is 11.8 Å². The van der Waals surface area contributed by atoms with E-state index in [9.17, 15) is 8.42 Å². The van der Waals surface area contributed by atoms with Gasteiger partial charge in [0.2, 0.25) is 10.0 Å². The second-order valence-electron chi connectivity index (χ2n) is 5.39. The van der Waals surface area contributed by atoms with E-state index in [1.807, 2.05) is 31.2 Å². The van der Waals surface area contributed by atoms with Crippen LogP contribution in [0.4, 0.5) is 0 Å². The van der Waals surface area contributed by atoms with Crippen LogP contribution >= 0.6 is 0 Å². The van der Waals surface area contributed by atoms with E-state index >= 15 is 0 Å². The molecule has 122 valence electrons. The van der Waals surface area contributed by atoms with Crippen LogP contribution in [0.15, 0.2) is 30.3 Å². The summed E-state index contributed by atoms with van der Waals surface area (Å²) < 4.78 is 32.2. The topological polar surface area (TPSA) is 81.4 Å². The molecule has 2 rings (SSSR count). The van der Waals surface area contributed by atoms with Gasteiger partial charge in [0, 0.05) is 12.6 Å². The third-order valence-electron chi connectivity index (χ3n) is 3.56. The summed E-state index contributed by atoms with van der Waals surface area (Å²) in [6.07, 6.45) is 4.42. The van der Waals surface area contributed by atoms with Crippen molar-refractivity contribution in [1.29, 1.82) is 0 Å². The Hall–Kier alpha value is -1.37. The minimum absolute atomic E-state index is 0.132. The SMILES string of the molecule is CCCS(=O)(=O)NC1CCC=C1c1ccc(OCCN)cc1. The smallest absolute Gasteiger partial charge is 0.212 e. The van der Waals surface area contributed by atoms with Crippen molar-refractivity contribution in [3.63, 3.8) is 0 Å². The summed E-state index contributed by atoms with van der Waals surface area (Å²) in [5, 5.41) is 0. The van der Waals surface area contributed by atoms with Crippen LogP contribution in [0.5, 0.6) is 5.75 Å². The number of allylic oxidation sites excluding steroid dienone is 1. The molecule has 0 bridgehead atoms. The molecular formula is C16H24N2O3S. The van der Waals surface area contributed by atoms with Gasteiger partial charge >= 0.3 is 0 Å². The number of benzene rings is 1. The first-order chi connectivity index (χ1) is 10.6. The summed E-state index contributed by atoms with van der Waals surface area (Å²) in [5.41, 5.74) is 7.48. The van der Waals surface area contributed by atoms with Crippen LogP contribution in [-0.4, -0.2) is 33.4 Å². The Labute approximate surface area is 132 Å². The van der Waals surface area contributed by atoms with E-state index in [1.165, 1.54) is 0 Å². The van der Waals surface area contributed by atoms with Gasteiger partial charge in [-0.15, -0.1) is 0 Å². The van der Waals surface area contributed by atoms with E-state index in [1.54, 1.807) is 0 Å². The van der Waals surface area contributed by atoms with Crippen LogP contribution in [0.2, 0.25) is 0 Å². The fourth-order valence-electron chi connectivity index (χ4n) is 2.61. The van der Waals surface area contributed by atoms with Crippen molar-refractivity contribution >= 4 is 15.6 Å². The van der Waals surface area contributed by atoms with Gasteiger partial charge in [-0.3, -0.25) is 0 Å². The number of nitrogens with two attached hydrogens (primary N) is 1. The number of hydrogen-bond donors (Lipinski definition) is 2. The highest BCUT2D eigenvalue weighted by atomic mass is 32.2. The molecule has 0 aromatic heterocycles. The average molecular weight is 324 g/mol. The maximum Gasteiger partial charge on any atom is 0.212 e. The lowest BCUT2D eigenvalue weighted by Gasteiger charge is -2.17.